The standard InChI is InChI=1S/C19H19NO3/c1-2-12-23-18-10-8-16(14-21)13-17(18)20-19(22)11-9-15-6-4-3-5-7-15/h3-11,13-14H,2,12H2,1H3,(H,20,22)/b11-9+. The maximum Gasteiger partial charge on any atom is 0.248 e. The van der Waals surface area contributed by atoms with Gasteiger partial charge in [0.25, 0.3) is 0 Å². The van der Waals surface area contributed by atoms with E-state index < -0.39 is 0 Å². The number of benzene rings is 2. The number of amides is 1. The molecule has 0 saturated carbocycles. The Morgan fingerprint density at radius 2 is 1.91 bits per heavy atom. The van der Waals surface area contributed by atoms with E-state index in [0.717, 1.165) is 18.3 Å². The molecule has 0 saturated heterocycles. The third kappa shape index (κ3) is 5.11. The summed E-state index contributed by atoms with van der Waals surface area (Å²) < 4.78 is 5.59. The Hall–Kier alpha value is -2.88. The molecule has 0 aliphatic heterocycles. The molecular weight excluding hydrogens is 290 g/mol. The van der Waals surface area contributed by atoms with Gasteiger partial charge in [0.1, 0.15) is 12.0 Å². The van der Waals surface area contributed by atoms with Gasteiger partial charge in [0, 0.05) is 11.6 Å². The van der Waals surface area contributed by atoms with Gasteiger partial charge in [-0.25, -0.2) is 0 Å². The molecule has 1 N–H and O–H groups in total. The molecule has 0 aliphatic carbocycles. The van der Waals surface area contributed by atoms with Gasteiger partial charge in [-0.05, 0) is 36.3 Å². The Labute approximate surface area is 135 Å². The van der Waals surface area contributed by atoms with E-state index in [1.54, 1.807) is 24.3 Å². The van der Waals surface area contributed by atoms with Crippen LogP contribution in [0.3, 0.4) is 0 Å². The fourth-order valence-corrected chi connectivity index (χ4v) is 1.97. The quantitative estimate of drug-likeness (QED) is 0.622. The minimum atomic E-state index is -0.279. The first-order valence-electron chi connectivity index (χ1n) is 7.49. The zero-order valence-corrected chi connectivity index (χ0v) is 13.0. The van der Waals surface area contributed by atoms with Gasteiger partial charge in [0.15, 0.2) is 0 Å². The molecule has 2 aromatic rings. The highest BCUT2D eigenvalue weighted by molar-refractivity contribution is 6.03. The largest absolute Gasteiger partial charge is 0.491 e. The molecule has 0 unspecified atom stereocenters. The molecule has 0 heterocycles. The predicted octanol–water partition coefficient (Wildman–Crippen LogP) is 3.94. The second-order valence-corrected chi connectivity index (χ2v) is 4.96. The number of carbonyl (C=O) groups excluding carboxylic acids is 2. The topological polar surface area (TPSA) is 55.4 Å². The Kier molecular flexibility index (Phi) is 6.12. The van der Waals surface area contributed by atoms with Crippen LogP contribution in [0, 0.1) is 0 Å². The van der Waals surface area contributed by atoms with Gasteiger partial charge in [-0.15, -0.1) is 0 Å². The molecule has 1 amide bonds. The van der Waals surface area contributed by atoms with E-state index in [1.807, 2.05) is 37.3 Å². The third-order valence-electron chi connectivity index (χ3n) is 3.09. The Balaban J connectivity index is 2.12. The SMILES string of the molecule is CCCOc1ccc(C=O)cc1NC(=O)/C=C/c1ccccc1. The van der Waals surface area contributed by atoms with Crippen molar-refractivity contribution in [3.8, 4) is 5.75 Å². The van der Waals surface area contributed by atoms with Crippen LogP contribution in [0.25, 0.3) is 6.08 Å². The highest BCUT2D eigenvalue weighted by atomic mass is 16.5. The first kappa shape index (κ1) is 16.5. The van der Waals surface area contributed by atoms with Crippen molar-refractivity contribution < 1.29 is 14.3 Å². The molecule has 2 aromatic carbocycles. The van der Waals surface area contributed by atoms with Crippen molar-refractivity contribution in [1.82, 2.24) is 0 Å². The number of rotatable bonds is 7. The maximum atomic E-state index is 12.1. The number of hydrogen-bond donors (Lipinski definition) is 1. The van der Waals surface area contributed by atoms with Gasteiger partial charge in [-0.3, -0.25) is 9.59 Å². The summed E-state index contributed by atoms with van der Waals surface area (Å²) in [5.74, 6) is 0.275. The fraction of sp³-hybridized carbons (Fsp3) is 0.158. The van der Waals surface area contributed by atoms with E-state index in [0.29, 0.717) is 23.6 Å². The van der Waals surface area contributed by atoms with Crippen LogP contribution in [0.15, 0.2) is 54.6 Å². The zero-order chi connectivity index (χ0) is 16.5. The third-order valence-corrected chi connectivity index (χ3v) is 3.09. The van der Waals surface area contributed by atoms with Crippen LogP contribution >= 0.6 is 0 Å². The van der Waals surface area contributed by atoms with Gasteiger partial charge in [0.05, 0.1) is 12.3 Å². The van der Waals surface area contributed by atoms with Gasteiger partial charge >= 0.3 is 0 Å². The van der Waals surface area contributed by atoms with Crippen LogP contribution in [0.4, 0.5) is 5.69 Å². The lowest BCUT2D eigenvalue weighted by Gasteiger charge is -2.11. The van der Waals surface area contributed by atoms with Gasteiger partial charge in [-0.1, -0.05) is 37.3 Å². The highest BCUT2D eigenvalue weighted by Gasteiger charge is 2.07. The van der Waals surface area contributed by atoms with E-state index in [-0.39, 0.29) is 5.91 Å². The van der Waals surface area contributed by atoms with E-state index in [9.17, 15) is 9.59 Å². The van der Waals surface area contributed by atoms with Crippen LogP contribution in [0.2, 0.25) is 0 Å². The fourth-order valence-electron chi connectivity index (χ4n) is 1.97. The number of anilines is 1. The lowest BCUT2D eigenvalue weighted by atomic mass is 10.2. The van der Waals surface area contributed by atoms with Crippen molar-refractivity contribution in [2.45, 2.75) is 13.3 Å². The first-order chi connectivity index (χ1) is 11.2. The summed E-state index contributed by atoms with van der Waals surface area (Å²) in [4.78, 5) is 23.0. The lowest BCUT2D eigenvalue weighted by molar-refractivity contribution is -0.111. The molecule has 0 spiro atoms. The molecule has 2 rings (SSSR count). The van der Waals surface area contributed by atoms with Crippen LogP contribution < -0.4 is 10.1 Å². The van der Waals surface area contributed by atoms with Crippen molar-refractivity contribution in [3.05, 3.63) is 65.7 Å². The van der Waals surface area contributed by atoms with Crippen molar-refractivity contribution >= 4 is 24.0 Å². The Bertz CT molecular complexity index is 693. The van der Waals surface area contributed by atoms with Crippen molar-refractivity contribution in [1.29, 1.82) is 0 Å². The molecule has 0 fully saturated rings. The van der Waals surface area contributed by atoms with Crippen molar-refractivity contribution in [3.63, 3.8) is 0 Å². The van der Waals surface area contributed by atoms with E-state index in [4.69, 9.17) is 4.74 Å². The molecule has 118 valence electrons. The summed E-state index contributed by atoms with van der Waals surface area (Å²) in [5.41, 5.74) is 1.91. The molecule has 0 atom stereocenters. The molecule has 0 radical (unpaired) electrons. The predicted molar refractivity (Wildman–Crippen MR) is 91.7 cm³/mol. The Morgan fingerprint density at radius 1 is 1.13 bits per heavy atom. The summed E-state index contributed by atoms with van der Waals surface area (Å²) in [5, 5.41) is 2.75. The lowest BCUT2D eigenvalue weighted by Crippen LogP contribution is -2.10. The average Bonchev–Trinajstić information content (AvgIpc) is 2.59. The number of carbonyl (C=O) groups is 2. The molecule has 0 aliphatic rings. The van der Waals surface area contributed by atoms with Crippen LogP contribution in [-0.2, 0) is 4.79 Å². The summed E-state index contributed by atoms with van der Waals surface area (Å²) in [6.45, 7) is 2.55. The van der Waals surface area contributed by atoms with Crippen LogP contribution in [-0.4, -0.2) is 18.8 Å². The summed E-state index contributed by atoms with van der Waals surface area (Å²) in [6.07, 6.45) is 4.77. The van der Waals surface area contributed by atoms with E-state index >= 15 is 0 Å². The van der Waals surface area contributed by atoms with E-state index in [1.165, 1.54) is 6.08 Å². The summed E-state index contributed by atoms with van der Waals surface area (Å²) in [6, 6.07) is 14.5. The monoisotopic (exact) mass is 309 g/mol. The molecule has 0 aromatic heterocycles. The zero-order valence-electron chi connectivity index (χ0n) is 13.0. The summed E-state index contributed by atoms with van der Waals surface area (Å²) >= 11 is 0. The number of hydrogen-bond acceptors (Lipinski definition) is 3. The first-order valence-corrected chi connectivity index (χ1v) is 7.49. The second kappa shape index (κ2) is 8.54. The maximum absolute atomic E-state index is 12.1. The normalized spacial score (nSPS) is 10.5. The minimum Gasteiger partial charge on any atom is -0.491 e. The molecule has 0 bridgehead atoms. The Morgan fingerprint density at radius 3 is 2.61 bits per heavy atom. The number of aldehydes is 1. The molecular formula is C19H19NO3. The molecule has 23 heavy (non-hydrogen) atoms. The highest BCUT2D eigenvalue weighted by Crippen LogP contribution is 2.25. The number of ether oxygens (including phenoxy) is 1. The van der Waals surface area contributed by atoms with Gasteiger partial charge < -0.3 is 10.1 Å². The van der Waals surface area contributed by atoms with Crippen molar-refractivity contribution in [2.75, 3.05) is 11.9 Å². The smallest absolute Gasteiger partial charge is 0.248 e. The molecule has 4 heteroatoms. The van der Waals surface area contributed by atoms with Crippen molar-refractivity contribution in [2.24, 2.45) is 0 Å². The average molecular weight is 309 g/mol. The minimum absolute atomic E-state index is 0.279. The number of nitrogens with one attached hydrogen (secondary N) is 1. The second-order valence-electron chi connectivity index (χ2n) is 4.96. The van der Waals surface area contributed by atoms with Gasteiger partial charge in [-0.2, -0.15) is 0 Å². The van der Waals surface area contributed by atoms with E-state index in [2.05, 4.69) is 5.32 Å². The van der Waals surface area contributed by atoms with Crippen LogP contribution in [0.1, 0.15) is 29.3 Å². The van der Waals surface area contributed by atoms with Crippen LogP contribution in [0.5, 0.6) is 5.75 Å². The summed E-state index contributed by atoms with van der Waals surface area (Å²) in [7, 11) is 0. The molecule has 4 nitrogen and oxygen atoms in total. The van der Waals surface area contributed by atoms with Gasteiger partial charge in [0.2, 0.25) is 5.91 Å².